The predicted molar refractivity (Wildman–Crippen MR) is 70.3 cm³/mol. The van der Waals surface area contributed by atoms with E-state index < -0.39 is 0 Å². The molecule has 1 N–H and O–H groups in total. The smallest absolute Gasteiger partial charge is 0.107 e. The van der Waals surface area contributed by atoms with Gasteiger partial charge in [-0.25, -0.2) is 4.98 Å². The van der Waals surface area contributed by atoms with E-state index in [0.717, 1.165) is 30.3 Å². The molecule has 0 fully saturated rings. The molecule has 0 bridgehead atoms. The van der Waals surface area contributed by atoms with Crippen LogP contribution in [0, 0.1) is 20.8 Å². The molecule has 2 heterocycles. The SMILES string of the molecule is Cc1cnn(CCNCc2nc(C)c(C)s2)c1. The molecule has 0 atom stereocenters. The van der Waals surface area contributed by atoms with E-state index in [4.69, 9.17) is 0 Å². The quantitative estimate of drug-likeness (QED) is 0.826. The first-order valence-corrected chi connectivity index (χ1v) is 6.59. The Morgan fingerprint density at radius 2 is 2.18 bits per heavy atom. The average Bonchev–Trinajstić information content (AvgIpc) is 2.82. The molecule has 2 aromatic rings. The number of aryl methyl sites for hydroxylation is 3. The second-order valence-electron chi connectivity index (χ2n) is 4.21. The number of aromatic nitrogens is 3. The van der Waals surface area contributed by atoms with Crippen LogP contribution in [0.25, 0.3) is 0 Å². The Balaban J connectivity index is 1.73. The summed E-state index contributed by atoms with van der Waals surface area (Å²) in [5.74, 6) is 0. The Hall–Kier alpha value is -1.20. The van der Waals surface area contributed by atoms with Crippen LogP contribution in [0.3, 0.4) is 0 Å². The monoisotopic (exact) mass is 250 g/mol. The van der Waals surface area contributed by atoms with Gasteiger partial charge in [0.1, 0.15) is 5.01 Å². The zero-order valence-electron chi connectivity index (χ0n) is 10.5. The number of nitrogens with zero attached hydrogens (tertiary/aromatic N) is 3. The molecule has 0 spiro atoms. The molecule has 4 nitrogen and oxygen atoms in total. The maximum absolute atomic E-state index is 4.49. The minimum Gasteiger partial charge on any atom is -0.309 e. The Morgan fingerprint density at radius 3 is 2.76 bits per heavy atom. The molecule has 5 heteroatoms. The van der Waals surface area contributed by atoms with E-state index in [1.54, 1.807) is 11.3 Å². The van der Waals surface area contributed by atoms with Crippen molar-refractivity contribution in [2.45, 2.75) is 33.9 Å². The van der Waals surface area contributed by atoms with E-state index in [1.807, 2.05) is 10.9 Å². The number of thiazole rings is 1. The van der Waals surface area contributed by atoms with Gasteiger partial charge in [0.25, 0.3) is 0 Å². The number of nitrogens with one attached hydrogen (secondary N) is 1. The van der Waals surface area contributed by atoms with Gasteiger partial charge in [-0.15, -0.1) is 11.3 Å². The number of rotatable bonds is 5. The van der Waals surface area contributed by atoms with Crippen molar-refractivity contribution in [2.24, 2.45) is 0 Å². The summed E-state index contributed by atoms with van der Waals surface area (Å²) in [6.45, 7) is 8.89. The summed E-state index contributed by atoms with van der Waals surface area (Å²) in [7, 11) is 0. The third-order valence-electron chi connectivity index (χ3n) is 2.63. The van der Waals surface area contributed by atoms with Crippen molar-refractivity contribution in [3.63, 3.8) is 0 Å². The molecule has 0 saturated carbocycles. The van der Waals surface area contributed by atoms with Crippen molar-refractivity contribution >= 4 is 11.3 Å². The summed E-state index contributed by atoms with van der Waals surface area (Å²) in [6, 6.07) is 0. The fraction of sp³-hybridized carbons (Fsp3) is 0.500. The van der Waals surface area contributed by atoms with Gasteiger partial charge < -0.3 is 5.32 Å². The zero-order valence-corrected chi connectivity index (χ0v) is 11.3. The largest absolute Gasteiger partial charge is 0.309 e. The highest BCUT2D eigenvalue weighted by Gasteiger charge is 2.02. The molecule has 92 valence electrons. The first kappa shape index (κ1) is 12.3. The van der Waals surface area contributed by atoms with Crippen LogP contribution in [0.15, 0.2) is 12.4 Å². The van der Waals surface area contributed by atoms with Crippen molar-refractivity contribution in [1.29, 1.82) is 0 Å². The van der Waals surface area contributed by atoms with Crippen LogP contribution in [0.2, 0.25) is 0 Å². The topological polar surface area (TPSA) is 42.7 Å². The highest BCUT2D eigenvalue weighted by molar-refractivity contribution is 7.11. The molecule has 0 aliphatic carbocycles. The molecule has 0 aliphatic rings. The van der Waals surface area contributed by atoms with Gasteiger partial charge >= 0.3 is 0 Å². The minimum atomic E-state index is 0.847. The lowest BCUT2D eigenvalue weighted by molar-refractivity contribution is 0.554. The van der Waals surface area contributed by atoms with E-state index in [9.17, 15) is 0 Å². The lowest BCUT2D eigenvalue weighted by Gasteiger charge is -2.02. The third-order valence-corrected chi connectivity index (χ3v) is 3.70. The summed E-state index contributed by atoms with van der Waals surface area (Å²) in [4.78, 5) is 5.80. The zero-order chi connectivity index (χ0) is 12.3. The molecule has 0 unspecified atom stereocenters. The highest BCUT2D eigenvalue weighted by Crippen LogP contribution is 2.15. The normalized spacial score (nSPS) is 11.0. The van der Waals surface area contributed by atoms with Gasteiger partial charge in [0, 0.05) is 24.2 Å². The van der Waals surface area contributed by atoms with Gasteiger partial charge in [-0.1, -0.05) is 0 Å². The summed E-state index contributed by atoms with van der Waals surface area (Å²) < 4.78 is 1.96. The van der Waals surface area contributed by atoms with Gasteiger partial charge in [-0.3, -0.25) is 4.68 Å². The van der Waals surface area contributed by atoms with E-state index in [1.165, 1.54) is 10.4 Å². The van der Waals surface area contributed by atoms with Gasteiger partial charge in [0.15, 0.2) is 0 Å². The van der Waals surface area contributed by atoms with Crippen LogP contribution >= 0.6 is 11.3 Å². The summed E-state index contributed by atoms with van der Waals surface area (Å²) in [5.41, 5.74) is 2.35. The molecule has 2 aromatic heterocycles. The molecule has 17 heavy (non-hydrogen) atoms. The maximum atomic E-state index is 4.49. The summed E-state index contributed by atoms with van der Waals surface area (Å²) >= 11 is 1.77. The molecule has 0 amide bonds. The molecule has 0 aromatic carbocycles. The van der Waals surface area contributed by atoms with Crippen LogP contribution in [-0.4, -0.2) is 21.3 Å². The van der Waals surface area contributed by atoms with Crippen LogP contribution < -0.4 is 5.32 Å². The van der Waals surface area contributed by atoms with Gasteiger partial charge in [0.05, 0.1) is 18.4 Å². The van der Waals surface area contributed by atoms with E-state index in [0.29, 0.717) is 0 Å². The second kappa shape index (κ2) is 5.42. The first-order valence-electron chi connectivity index (χ1n) is 5.78. The predicted octanol–water partition coefficient (Wildman–Crippen LogP) is 2.05. The van der Waals surface area contributed by atoms with Gasteiger partial charge in [-0.05, 0) is 26.3 Å². The molecule has 2 rings (SSSR count). The Kier molecular flexibility index (Phi) is 3.91. The maximum Gasteiger partial charge on any atom is 0.107 e. The van der Waals surface area contributed by atoms with E-state index in [2.05, 4.69) is 42.4 Å². The van der Waals surface area contributed by atoms with Crippen LogP contribution in [0.5, 0.6) is 0 Å². The minimum absolute atomic E-state index is 0.847. The highest BCUT2D eigenvalue weighted by atomic mass is 32.1. The standard InChI is InChI=1S/C12H18N4S/c1-9-6-14-16(8-9)5-4-13-7-12-15-10(2)11(3)17-12/h6,8,13H,4-5,7H2,1-3H3. The van der Waals surface area contributed by atoms with Crippen molar-refractivity contribution in [3.05, 3.63) is 33.5 Å². The Labute approximate surface area is 106 Å². The molecule has 0 saturated heterocycles. The van der Waals surface area contributed by atoms with Gasteiger partial charge in [0.2, 0.25) is 0 Å². The first-order chi connectivity index (χ1) is 8.15. The number of hydrogen-bond donors (Lipinski definition) is 1. The van der Waals surface area contributed by atoms with Crippen molar-refractivity contribution in [1.82, 2.24) is 20.1 Å². The van der Waals surface area contributed by atoms with Crippen LogP contribution in [0.4, 0.5) is 0 Å². The Bertz CT molecular complexity index is 467. The van der Waals surface area contributed by atoms with Gasteiger partial charge in [-0.2, -0.15) is 5.10 Å². The van der Waals surface area contributed by atoms with E-state index in [-0.39, 0.29) is 0 Å². The summed E-state index contributed by atoms with van der Waals surface area (Å²) in [6.07, 6.45) is 3.94. The van der Waals surface area contributed by atoms with Crippen molar-refractivity contribution in [2.75, 3.05) is 6.54 Å². The fourth-order valence-electron chi connectivity index (χ4n) is 1.59. The fourth-order valence-corrected chi connectivity index (χ4v) is 2.50. The molecular weight excluding hydrogens is 232 g/mol. The summed E-state index contributed by atoms with van der Waals surface area (Å²) in [5, 5.41) is 8.79. The van der Waals surface area contributed by atoms with Crippen LogP contribution in [-0.2, 0) is 13.1 Å². The molecular formula is C12H18N4S. The average molecular weight is 250 g/mol. The molecule has 0 radical (unpaired) electrons. The van der Waals surface area contributed by atoms with Crippen LogP contribution in [0.1, 0.15) is 21.1 Å². The van der Waals surface area contributed by atoms with E-state index >= 15 is 0 Å². The third kappa shape index (κ3) is 3.38. The number of hydrogen-bond acceptors (Lipinski definition) is 4. The van der Waals surface area contributed by atoms with Crippen molar-refractivity contribution < 1.29 is 0 Å². The lowest BCUT2D eigenvalue weighted by Crippen LogP contribution is -2.19. The molecule has 0 aliphatic heterocycles. The Morgan fingerprint density at radius 1 is 1.35 bits per heavy atom. The second-order valence-corrected chi connectivity index (χ2v) is 5.49. The van der Waals surface area contributed by atoms with Crippen molar-refractivity contribution in [3.8, 4) is 0 Å². The lowest BCUT2D eigenvalue weighted by atomic mass is 10.4.